The first-order chi connectivity index (χ1) is 9.63. The Hall–Kier alpha value is -1.73. The van der Waals surface area contributed by atoms with E-state index in [1.807, 2.05) is 30.3 Å². The van der Waals surface area contributed by atoms with Crippen molar-refractivity contribution in [2.24, 2.45) is 0 Å². The van der Waals surface area contributed by atoms with E-state index in [1.165, 1.54) is 4.57 Å². The van der Waals surface area contributed by atoms with Gasteiger partial charge in [-0.15, -0.1) is 0 Å². The molecule has 6 nitrogen and oxygen atoms in total. The molecule has 4 unspecified atom stereocenters. The molecule has 4 atom stereocenters. The van der Waals surface area contributed by atoms with E-state index in [0.29, 0.717) is 5.69 Å². The third-order valence-electron chi connectivity index (χ3n) is 3.71. The average molecular weight is 276 g/mol. The van der Waals surface area contributed by atoms with E-state index in [2.05, 4.69) is 4.98 Å². The number of hydrogen-bond acceptors (Lipinski definition) is 5. The van der Waals surface area contributed by atoms with Gasteiger partial charge in [-0.25, -0.2) is 4.98 Å². The van der Waals surface area contributed by atoms with Gasteiger partial charge in [0, 0.05) is 11.8 Å². The zero-order chi connectivity index (χ0) is 14.3. The van der Waals surface area contributed by atoms with E-state index in [4.69, 9.17) is 0 Å². The van der Waals surface area contributed by atoms with Gasteiger partial charge in [0.15, 0.2) is 0 Å². The first kappa shape index (κ1) is 13.3. The molecular formula is C14H16N2O4. The van der Waals surface area contributed by atoms with Gasteiger partial charge in [-0.3, -0.25) is 0 Å². The van der Waals surface area contributed by atoms with Crippen molar-refractivity contribution in [2.75, 3.05) is 6.61 Å². The second-order valence-corrected chi connectivity index (χ2v) is 4.93. The molecule has 106 valence electrons. The molecule has 2 heterocycles. The lowest BCUT2D eigenvalue weighted by Crippen LogP contribution is -2.46. The predicted molar refractivity (Wildman–Crippen MR) is 70.8 cm³/mol. The molecule has 0 saturated heterocycles. The molecule has 1 aromatic carbocycles. The van der Waals surface area contributed by atoms with Crippen LogP contribution in [0.15, 0.2) is 36.5 Å². The molecule has 0 aliphatic carbocycles. The van der Waals surface area contributed by atoms with Gasteiger partial charge in [-0.1, -0.05) is 30.3 Å². The summed E-state index contributed by atoms with van der Waals surface area (Å²) in [5.74, 6) is 0.251. The van der Waals surface area contributed by atoms with Crippen molar-refractivity contribution in [3.05, 3.63) is 42.4 Å². The summed E-state index contributed by atoms with van der Waals surface area (Å²) < 4.78 is 1.53. The molecule has 2 aromatic rings. The lowest BCUT2D eigenvalue weighted by Gasteiger charge is -2.35. The van der Waals surface area contributed by atoms with Crippen LogP contribution in [0.1, 0.15) is 18.0 Å². The summed E-state index contributed by atoms with van der Waals surface area (Å²) in [6.45, 7) is -0.345. The third kappa shape index (κ3) is 1.94. The molecule has 20 heavy (non-hydrogen) atoms. The largest absolute Gasteiger partial charge is 0.394 e. The number of aliphatic hydroxyl groups is 4. The van der Waals surface area contributed by atoms with E-state index >= 15 is 0 Å². The molecule has 1 aliphatic heterocycles. The van der Waals surface area contributed by atoms with Crippen molar-refractivity contribution >= 4 is 0 Å². The number of nitrogens with zero attached hydrogens (tertiary/aromatic N) is 2. The van der Waals surface area contributed by atoms with Gasteiger partial charge in [-0.2, -0.15) is 0 Å². The standard InChI is InChI=1S/C14H16N2O4/c17-7-10-11(18)12(19)13(20)14-15-9(6-16(10)14)8-4-2-1-3-5-8/h1-6,10-13,17-20H,7H2. The van der Waals surface area contributed by atoms with Gasteiger partial charge < -0.3 is 25.0 Å². The van der Waals surface area contributed by atoms with Gasteiger partial charge in [0.05, 0.1) is 18.3 Å². The number of imidazole rings is 1. The van der Waals surface area contributed by atoms with E-state index in [0.717, 1.165) is 5.56 Å². The van der Waals surface area contributed by atoms with Crippen molar-refractivity contribution in [1.82, 2.24) is 9.55 Å². The summed E-state index contributed by atoms with van der Waals surface area (Å²) in [6, 6.07) is 8.67. The lowest BCUT2D eigenvalue weighted by atomic mass is 9.96. The van der Waals surface area contributed by atoms with Crippen LogP contribution in [-0.4, -0.2) is 48.8 Å². The average Bonchev–Trinajstić information content (AvgIpc) is 2.91. The van der Waals surface area contributed by atoms with E-state index < -0.39 is 24.4 Å². The Morgan fingerprint density at radius 1 is 1.05 bits per heavy atom. The fourth-order valence-electron chi connectivity index (χ4n) is 2.57. The molecule has 4 N–H and O–H groups in total. The maximum Gasteiger partial charge on any atom is 0.141 e. The highest BCUT2D eigenvalue weighted by molar-refractivity contribution is 5.58. The highest BCUT2D eigenvalue weighted by Crippen LogP contribution is 2.34. The van der Waals surface area contributed by atoms with E-state index in [-0.39, 0.29) is 12.4 Å². The van der Waals surface area contributed by atoms with Crippen LogP contribution in [0.3, 0.4) is 0 Å². The lowest BCUT2D eigenvalue weighted by molar-refractivity contribution is -0.108. The van der Waals surface area contributed by atoms with Crippen LogP contribution in [0.5, 0.6) is 0 Å². The summed E-state index contributed by atoms with van der Waals surface area (Å²) in [6.07, 6.45) is -2.19. The second kappa shape index (κ2) is 4.99. The zero-order valence-corrected chi connectivity index (χ0v) is 10.7. The van der Waals surface area contributed by atoms with Crippen LogP contribution < -0.4 is 0 Å². The van der Waals surface area contributed by atoms with Crippen LogP contribution in [0.25, 0.3) is 11.3 Å². The molecule has 1 aromatic heterocycles. The maximum absolute atomic E-state index is 10.00. The monoisotopic (exact) mass is 276 g/mol. The van der Waals surface area contributed by atoms with E-state index in [9.17, 15) is 20.4 Å². The van der Waals surface area contributed by atoms with Crippen LogP contribution in [0, 0.1) is 0 Å². The highest BCUT2D eigenvalue weighted by Gasteiger charge is 2.41. The SMILES string of the molecule is OCC1C(O)C(O)C(O)c2nc(-c3ccccc3)cn21. The number of benzene rings is 1. The highest BCUT2D eigenvalue weighted by atomic mass is 16.4. The Bertz CT molecular complexity index is 598. The fourth-order valence-corrected chi connectivity index (χ4v) is 2.57. The molecule has 0 radical (unpaired) electrons. The number of fused-ring (bicyclic) bond motifs is 1. The van der Waals surface area contributed by atoms with Gasteiger partial charge in [0.25, 0.3) is 0 Å². The van der Waals surface area contributed by atoms with Gasteiger partial charge in [-0.05, 0) is 0 Å². The first-order valence-electron chi connectivity index (χ1n) is 6.42. The Kier molecular flexibility index (Phi) is 3.31. The molecule has 3 rings (SSSR count). The van der Waals surface area contributed by atoms with Crippen LogP contribution in [-0.2, 0) is 0 Å². The fraction of sp³-hybridized carbons (Fsp3) is 0.357. The Morgan fingerprint density at radius 2 is 1.75 bits per heavy atom. The quantitative estimate of drug-likeness (QED) is 0.611. The first-order valence-corrected chi connectivity index (χ1v) is 6.42. The Balaban J connectivity index is 2.09. The molecule has 0 bridgehead atoms. The van der Waals surface area contributed by atoms with Gasteiger partial charge in [0.2, 0.25) is 0 Å². The van der Waals surface area contributed by atoms with Gasteiger partial charge in [0.1, 0.15) is 24.1 Å². The summed E-state index contributed by atoms with van der Waals surface area (Å²) in [5, 5.41) is 39.1. The zero-order valence-electron chi connectivity index (χ0n) is 10.7. The minimum absolute atomic E-state index is 0.251. The van der Waals surface area contributed by atoms with Crippen LogP contribution >= 0.6 is 0 Å². The Labute approximate surface area is 115 Å². The minimum Gasteiger partial charge on any atom is -0.394 e. The summed E-state index contributed by atoms with van der Waals surface area (Å²) >= 11 is 0. The van der Waals surface area contributed by atoms with Crippen LogP contribution in [0.2, 0.25) is 0 Å². The molecular weight excluding hydrogens is 260 g/mol. The number of rotatable bonds is 2. The van der Waals surface area contributed by atoms with Crippen molar-refractivity contribution < 1.29 is 20.4 Å². The second-order valence-electron chi connectivity index (χ2n) is 4.93. The third-order valence-corrected chi connectivity index (χ3v) is 3.71. The number of hydrogen-bond donors (Lipinski definition) is 4. The minimum atomic E-state index is -1.36. The van der Waals surface area contributed by atoms with Crippen molar-refractivity contribution in [2.45, 2.75) is 24.4 Å². The normalized spacial score (nSPS) is 29.2. The van der Waals surface area contributed by atoms with Gasteiger partial charge >= 0.3 is 0 Å². The van der Waals surface area contributed by atoms with Crippen molar-refractivity contribution in [1.29, 1.82) is 0 Å². The predicted octanol–water partition coefficient (Wildman–Crippen LogP) is -0.148. The summed E-state index contributed by atoms with van der Waals surface area (Å²) in [4.78, 5) is 4.32. The molecule has 0 fully saturated rings. The maximum atomic E-state index is 10.00. The van der Waals surface area contributed by atoms with Crippen molar-refractivity contribution in [3.63, 3.8) is 0 Å². The Morgan fingerprint density at radius 3 is 2.40 bits per heavy atom. The molecule has 6 heteroatoms. The van der Waals surface area contributed by atoms with E-state index in [1.54, 1.807) is 6.20 Å². The van der Waals surface area contributed by atoms with Crippen LogP contribution in [0.4, 0.5) is 0 Å². The molecule has 0 spiro atoms. The summed E-state index contributed by atoms with van der Waals surface area (Å²) in [7, 11) is 0. The van der Waals surface area contributed by atoms with Crippen molar-refractivity contribution in [3.8, 4) is 11.3 Å². The summed E-state index contributed by atoms with van der Waals surface area (Å²) in [5.41, 5.74) is 1.49. The molecule has 0 amide bonds. The molecule has 0 saturated carbocycles. The number of aliphatic hydroxyl groups excluding tert-OH is 4. The molecule has 1 aliphatic rings. The topological polar surface area (TPSA) is 98.7 Å². The number of aromatic nitrogens is 2. The smallest absolute Gasteiger partial charge is 0.141 e.